The molecule has 0 bridgehead atoms. The van der Waals surface area contributed by atoms with E-state index in [0.29, 0.717) is 0 Å². The molecule has 0 amide bonds. The number of aromatic nitrogens is 1. The van der Waals surface area contributed by atoms with Gasteiger partial charge >= 0.3 is 6.18 Å². The molecule has 0 aromatic carbocycles. The molecule has 2 rings (SSSR count). The molecule has 1 aromatic rings. The zero-order valence-corrected chi connectivity index (χ0v) is 7.71. The lowest BCUT2D eigenvalue weighted by atomic mass is 10.3. The highest BCUT2D eigenvalue weighted by molar-refractivity contribution is 5.23. The van der Waals surface area contributed by atoms with Gasteiger partial charge in [0, 0.05) is 6.54 Å². The third-order valence-corrected chi connectivity index (χ3v) is 1.93. The van der Waals surface area contributed by atoms with Crippen LogP contribution in [0.3, 0.4) is 0 Å². The summed E-state index contributed by atoms with van der Waals surface area (Å²) >= 11 is 0. The van der Waals surface area contributed by atoms with Crippen LogP contribution in [0, 0.1) is 0 Å². The molecule has 1 unspecified atom stereocenters. The lowest BCUT2D eigenvalue weighted by molar-refractivity contribution is -0.153. The Bertz CT molecular complexity index is 332. The maximum atomic E-state index is 11.8. The molecule has 3 nitrogen and oxygen atoms in total. The molecule has 0 aliphatic carbocycles. The summed E-state index contributed by atoms with van der Waals surface area (Å²) in [5, 5.41) is 3.04. The Morgan fingerprint density at radius 2 is 2.20 bits per heavy atom. The quantitative estimate of drug-likeness (QED) is 0.785. The third kappa shape index (κ3) is 3.09. The fourth-order valence-electron chi connectivity index (χ4n) is 1.12. The number of alkyl halides is 3. The van der Waals surface area contributed by atoms with Gasteiger partial charge in [-0.3, -0.25) is 4.98 Å². The Balaban J connectivity index is 1.92. The van der Waals surface area contributed by atoms with E-state index in [-0.39, 0.29) is 11.8 Å². The van der Waals surface area contributed by atoms with Gasteiger partial charge in [0.25, 0.3) is 0 Å². The normalized spacial score (nSPS) is 20.1. The number of hydrogen-bond donors (Lipinski definition) is 1. The van der Waals surface area contributed by atoms with Gasteiger partial charge in [0.05, 0.1) is 17.9 Å². The van der Waals surface area contributed by atoms with E-state index in [1.54, 1.807) is 6.07 Å². The number of hydrogen-bond acceptors (Lipinski definition) is 3. The smallest absolute Gasteiger partial charge is 0.422 e. The van der Waals surface area contributed by atoms with Crippen LogP contribution in [0.5, 0.6) is 5.75 Å². The Hall–Kier alpha value is -1.30. The van der Waals surface area contributed by atoms with Crippen LogP contribution in [0.2, 0.25) is 0 Å². The van der Waals surface area contributed by atoms with Crippen molar-refractivity contribution in [2.75, 3.05) is 13.2 Å². The van der Waals surface area contributed by atoms with E-state index in [9.17, 15) is 13.2 Å². The molecule has 1 N–H and O–H groups in total. The fourth-order valence-corrected chi connectivity index (χ4v) is 1.12. The second kappa shape index (κ2) is 3.69. The van der Waals surface area contributed by atoms with Gasteiger partial charge in [-0.05, 0) is 12.1 Å². The largest absolute Gasteiger partial charge is 0.483 e. The lowest BCUT2D eigenvalue weighted by Gasteiger charge is -2.08. The lowest BCUT2D eigenvalue weighted by Crippen LogP contribution is -2.19. The van der Waals surface area contributed by atoms with Gasteiger partial charge in [-0.15, -0.1) is 0 Å². The summed E-state index contributed by atoms with van der Waals surface area (Å²) in [6.45, 7) is -0.411. The minimum atomic E-state index is -4.31. The average molecular weight is 218 g/mol. The average Bonchev–Trinajstić information content (AvgIpc) is 2.98. The molecule has 0 saturated carbocycles. The van der Waals surface area contributed by atoms with Crippen molar-refractivity contribution >= 4 is 0 Å². The zero-order valence-electron chi connectivity index (χ0n) is 7.71. The van der Waals surface area contributed by atoms with E-state index in [1.165, 1.54) is 12.3 Å². The Kier molecular flexibility index (Phi) is 2.52. The number of nitrogens with one attached hydrogen (secondary N) is 1. The number of rotatable bonds is 3. The SMILES string of the molecule is FC(F)(F)COc1ccc(C2CN2)nc1. The summed E-state index contributed by atoms with van der Waals surface area (Å²) in [6, 6.07) is 3.41. The topological polar surface area (TPSA) is 44.1 Å². The van der Waals surface area contributed by atoms with Crippen molar-refractivity contribution in [3.05, 3.63) is 24.0 Å². The third-order valence-electron chi connectivity index (χ3n) is 1.93. The molecule has 82 valence electrons. The molecule has 15 heavy (non-hydrogen) atoms. The predicted octanol–water partition coefficient (Wildman–Crippen LogP) is 1.67. The summed E-state index contributed by atoms with van der Waals surface area (Å²) < 4.78 is 39.9. The van der Waals surface area contributed by atoms with E-state index < -0.39 is 12.8 Å². The van der Waals surface area contributed by atoms with Gasteiger partial charge in [0.1, 0.15) is 5.75 Å². The van der Waals surface area contributed by atoms with Crippen LogP contribution in [0.15, 0.2) is 18.3 Å². The standard InChI is InChI=1S/C9H9F3N2O/c10-9(11,12)5-15-6-1-2-7(13-3-6)8-4-14-8/h1-3,8,14H,4-5H2. The van der Waals surface area contributed by atoms with Crippen molar-refractivity contribution in [2.45, 2.75) is 12.2 Å². The minimum absolute atomic E-state index is 0.136. The van der Waals surface area contributed by atoms with Crippen LogP contribution in [-0.2, 0) is 0 Å². The highest BCUT2D eigenvalue weighted by Gasteiger charge is 2.28. The molecule has 1 fully saturated rings. The van der Waals surface area contributed by atoms with E-state index >= 15 is 0 Å². The van der Waals surface area contributed by atoms with Gasteiger partial charge < -0.3 is 10.1 Å². The molecule has 1 aromatic heterocycles. The maximum Gasteiger partial charge on any atom is 0.422 e. The van der Waals surface area contributed by atoms with Crippen LogP contribution in [0.1, 0.15) is 11.7 Å². The summed E-state index contributed by atoms with van der Waals surface area (Å²) in [6.07, 6.45) is -3.00. The first-order valence-corrected chi connectivity index (χ1v) is 4.43. The van der Waals surface area contributed by atoms with Gasteiger partial charge in [0.2, 0.25) is 0 Å². The number of halogens is 3. The van der Waals surface area contributed by atoms with Crippen molar-refractivity contribution in [3.8, 4) is 5.75 Å². The summed E-state index contributed by atoms with van der Waals surface area (Å²) in [4.78, 5) is 3.99. The van der Waals surface area contributed by atoms with Crippen molar-refractivity contribution in [2.24, 2.45) is 0 Å². The molecular weight excluding hydrogens is 209 g/mol. The van der Waals surface area contributed by atoms with Gasteiger partial charge in [0.15, 0.2) is 6.61 Å². The van der Waals surface area contributed by atoms with Crippen molar-refractivity contribution in [1.29, 1.82) is 0 Å². The van der Waals surface area contributed by atoms with Crippen LogP contribution < -0.4 is 10.1 Å². The van der Waals surface area contributed by atoms with Crippen LogP contribution in [0.4, 0.5) is 13.2 Å². The minimum Gasteiger partial charge on any atom is -0.483 e. The predicted molar refractivity (Wildman–Crippen MR) is 46.5 cm³/mol. The molecular formula is C9H9F3N2O. The number of ether oxygens (including phenoxy) is 1. The van der Waals surface area contributed by atoms with Crippen molar-refractivity contribution < 1.29 is 17.9 Å². The Labute approximate surface area is 84.3 Å². The number of pyridine rings is 1. The van der Waals surface area contributed by atoms with Gasteiger partial charge in [-0.25, -0.2) is 0 Å². The summed E-state index contributed by atoms with van der Waals surface area (Å²) in [7, 11) is 0. The molecule has 6 heteroatoms. The highest BCUT2D eigenvalue weighted by atomic mass is 19.4. The van der Waals surface area contributed by atoms with Crippen molar-refractivity contribution in [1.82, 2.24) is 10.3 Å². The van der Waals surface area contributed by atoms with E-state index in [0.717, 1.165) is 12.2 Å². The first-order valence-electron chi connectivity index (χ1n) is 4.43. The Morgan fingerprint density at radius 3 is 2.67 bits per heavy atom. The second-order valence-corrected chi connectivity index (χ2v) is 3.28. The molecule has 1 aliphatic rings. The fraction of sp³-hybridized carbons (Fsp3) is 0.444. The van der Waals surface area contributed by atoms with Gasteiger partial charge in [-0.2, -0.15) is 13.2 Å². The molecule has 2 heterocycles. The van der Waals surface area contributed by atoms with Crippen LogP contribution in [0.25, 0.3) is 0 Å². The highest BCUT2D eigenvalue weighted by Crippen LogP contribution is 2.22. The summed E-state index contributed by atoms with van der Waals surface area (Å²) in [5.74, 6) is 0.136. The second-order valence-electron chi connectivity index (χ2n) is 3.28. The molecule has 1 aliphatic heterocycles. The molecule has 0 radical (unpaired) electrons. The van der Waals surface area contributed by atoms with E-state index in [2.05, 4.69) is 15.0 Å². The van der Waals surface area contributed by atoms with Crippen molar-refractivity contribution in [3.63, 3.8) is 0 Å². The van der Waals surface area contributed by atoms with Crippen LogP contribution in [-0.4, -0.2) is 24.3 Å². The Morgan fingerprint density at radius 1 is 1.47 bits per heavy atom. The molecule has 1 saturated heterocycles. The summed E-state index contributed by atoms with van der Waals surface area (Å²) in [5.41, 5.74) is 0.828. The molecule has 0 spiro atoms. The number of nitrogens with zero attached hydrogens (tertiary/aromatic N) is 1. The van der Waals surface area contributed by atoms with Crippen LogP contribution >= 0.6 is 0 Å². The van der Waals surface area contributed by atoms with E-state index in [4.69, 9.17) is 0 Å². The zero-order chi connectivity index (χ0) is 10.9. The monoisotopic (exact) mass is 218 g/mol. The molecule has 1 atom stereocenters. The maximum absolute atomic E-state index is 11.8. The van der Waals surface area contributed by atoms with Gasteiger partial charge in [-0.1, -0.05) is 0 Å². The first kappa shape index (κ1) is 10.2. The van der Waals surface area contributed by atoms with E-state index in [1.807, 2.05) is 0 Å². The first-order chi connectivity index (χ1) is 7.04.